The van der Waals surface area contributed by atoms with Crippen molar-refractivity contribution in [1.29, 1.82) is 0 Å². The molecule has 2 N–H and O–H groups in total. The van der Waals surface area contributed by atoms with E-state index in [0.29, 0.717) is 6.04 Å². The number of likely N-dealkylation sites (tertiary alicyclic amines) is 1. The predicted molar refractivity (Wildman–Crippen MR) is 75.5 cm³/mol. The average molecular weight is 300 g/mol. The van der Waals surface area contributed by atoms with Crippen molar-refractivity contribution in [3.63, 3.8) is 0 Å². The summed E-state index contributed by atoms with van der Waals surface area (Å²) in [6, 6.07) is 0.134. The summed E-state index contributed by atoms with van der Waals surface area (Å²) >= 11 is 0. The molecule has 2 heterocycles. The summed E-state index contributed by atoms with van der Waals surface area (Å²) < 4.78 is 5.33. The molecule has 0 aromatic heterocycles. The van der Waals surface area contributed by atoms with E-state index in [-0.39, 0.29) is 36.8 Å². The Balaban J connectivity index is 0.00000144. The van der Waals surface area contributed by atoms with Gasteiger partial charge < -0.3 is 15.4 Å². The van der Waals surface area contributed by atoms with E-state index >= 15 is 0 Å². The Bertz CT molecular complexity index is 261. The van der Waals surface area contributed by atoms with Crippen molar-refractivity contribution in [2.45, 2.75) is 25.4 Å². The van der Waals surface area contributed by atoms with Gasteiger partial charge in [-0.05, 0) is 13.3 Å². The molecular formula is C11H23Cl2N3O2. The Morgan fingerprint density at radius 3 is 2.44 bits per heavy atom. The number of ether oxygens (including phenoxy) is 1. The molecule has 2 atom stereocenters. The maximum atomic E-state index is 11.7. The van der Waals surface area contributed by atoms with Crippen LogP contribution in [0.1, 0.15) is 13.3 Å². The zero-order valence-electron chi connectivity index (χ0n) is 10.7. The number of nitrogens with zero attached hydrogens (tertiary/aromatic N) is 2. The highest BCUT2D eigenvalue weighted by molar-refractivity contribution is 5.85. The van der Waals surface area contributed by atoms with Crippen LogP contribution in [0.4, 0.5) is 0 Å². The lowest BCUT2D eigenvalue weighted by atomic mass is 10.2. The van der Waals surface area contributed by atoms with Crippen molar-refractivity contribution in [2.24, 2.45) is 5.73 Å². The maximum absolute atomic E-state index is 11.7. The molecule has 2 aliphatic heterocycles. The van der Waals surface area contributed by atoms with Gasteiger partial charge in [0.1, 0.15) is 0 Å². The van der Waals surface area contributed by atoms with Crippen LogP contribution in [-0.2, 0) is 9.53 Å². The van der Waals surface area contributed by atoms with Gasteiger partial charge in [0.05, 0.1) is 19.3 Å². The molecule has 0 radical (unpaired) electrons. The molecular weight excluding hydrogens is 277 g/mol. The van der Waals surface area contributed by atoms with Crippen LogP contribution in [0.2, 0.25) is 0 Å². The number of hydrogen-bond acceptors (Lipinski definition) is 4. The average Bonchev–Trinajstić information content (AvgIpc) is 2.78. The van der Waals surface area contributed by atoms with E-state index < -0.39 is 0 Å². The highest BCUT2D eigenvalue weighted by Gasteiger charge is 2.31. The van der Waals surface area contributed by atoms with Crippen LogP contribution in [0.5, 0.6) is 0 Å². The lowest BCUT2D eigenvalue weighted by Gasteiger charge is -2.32. The summed E-state index contributed by atoms with van der Waals surface area (Å²) in [6.45, 7) is 7.05. The summed E-state index contributed by atoms with van der Waals surface area (Å²) in [5, 5.41) is 0. The molecule has 2 unspecified atom stereocenters. The molecule has 18 heavy (non-hydrogen) atoms. The fourth-order valence-corrected chi connectivity index (χ4v) is 2.47. The first-order chi connectivity index (χ1) is 7.68. The van der Waals surface area contributed by atoms with Crippen molar-refractivity contribution in [1.82, 2.24) is 9.80 Å². The number of halogens is 2. The lowest BCUT2D eigenvalue weighted by Crippen LogP contribution is -2.46. The molecule has 2 rings (SSSR count). The monoisotopic (exact) mass is 299 g/mol. The fraction of sp³-hybridized carbons (Fsp3) is 0.909. The molecule has 2 saturated heterocycles. The second-order valence-corrected chi connectivity index (χ2v) is 4.66. The van der Waals surface area contributed by atoms with Gasteiger partial charge in [-0.15, -0.1) is 24.8 Å². The molecule has 0 aromatic carbocycles. The van der Waals surface area contributed by atoms with Crippen molar-refractivity contribution < 1.29 is 9.53 Å². The number of nitrogens with two attached hydrogens (primary N) is 1. The lowest BCUT2D eigenvalue weighted by molar-refractivity contribution is -0.131. The number of hydrogen-bond donors (Lipinski definition) is 1. The van der Waals surface area contributed by atoms with E-state index in [1.54, 1.807) is 6.92 Å². The summed E-state index contributed by atoms with van der Waals surface area (Å²) in [4.78, 5) is 16.1. The fourth-order valence-electron chi connectivity index (χ4n) is 2.47. The first-order valence-electron chi connectivity index (χ1n) is 6.04. The Kier molecular flexibility index (Phi) is 8.14. The van der Waals surface area contributed by atoms with Crippen LogP contribution in [0.3, 0.4) is 0 Å². The first kappa shape index (κ1) is 17.9. The van der Waals surface area contributed by atoms with Crippen molar-refractivity contribution in [3.8, 4) is 0 Å². The maximum Gasteiger partial charge on any atom is 0.239 e. The van der Waals surface area contributed by atoms with Crippen molar-refractivity contribution in [2.75, 3.05) is 39.4 Å². The van der Waals surface area contributed by atoms with Gasteiger partial charge in [-0.25, -0.2) is 0 Å². The van der Waals surface area contributed by atoms with Crippen molar-refractivity contribution in [3.05, 3.63) is 0 Å². The first-order valence-corrected chi connectivity index (χ1v) is 6.04. The van der Waals surface area contributed by atoms with Crippen LogP contribution >= 0.6 is 24.8 Å². The summed E-state index contributed by atoms with van der Waals surface area (Å²) in [5.41, 5.74) is 5.61. The summed E-state index contributed by atoms with van der Waals surface area (Å²) in [5.74, 6) is 0.0794. The van der Waals surface area contributed by atoms with Crippen LogP contribution in [0.25, 0.3) is 0 Å². The molecule has 2 fully saturated rings. The van der Waals surface area contributed by atoms with Gasteiger partial charge in [0.25, 0.3) is 0 Å². The summed E-state index contributed by atoms with van der Waals surface area (Å²) in [6.07, 6.45) is 1.07. The molecule has 0 aliphatic carbocycles. The zero-order valence-corrected chi connectivity index (χ0v) is 12.3. The molecule has 108 valence electrons. The van der Waals surface area contributed by atoms with E-state index in [0.717, 1.165) is 45.8 Å². The third-order valence-electron chi connectivity index (χ3n) is 3.43. The van der Waals surface area contributed by atoms with E-state index in [9.17, 15) is 4.79 Å². The summed E-state index contributed by atoms with van der Waals surface area (Å²) in [7, 11) is 0. The van der Waals surface area contributed by atoms with Gasteiger partial charge in [-0.2, -0.15) is 0 Å². The van der Waals surface area contributed by atoms with Gasteiger partial charge >= 0.3 is 0 Å². The molecule has 0 bridgehead atoms. The van der Waals surface area contributed by atoms with Crippen LogP contribution in [0, 0.1) is 0 Å². The highest BCUT2D eigenvalue weighted by atomic mass is 35.5. The minimum Gasteiger partial charge on any atom is -0.379 e. The molecule has 2 aliphatic rings. The van der Waals surface area contributed by atoms with E-state index in [1.165, 1.54) is 0 Å². The number of rotatable bonds is 2. The van der Waals surface area contributed by atoms with Crippen LogP contribution < -0.4 is 5.73 Å². The Morgan fingerprint density at radius 1 is 1.28 bits per heavy atom. The second kappa shape index (κ2) is 8.17. The van der Waals surface area contributed by atoms with E-state index in [4.69, 9.17) is 10.5 Å². The molecule has 5 nitrogen and oxygen atoms in total. The second-order valence-electron chi connectivity index (χ2n) is 4.66. The van der Waals surface area contributed by atoms with Gasteiger partial charge in [0.2, 0.25) is 5.91 Å². The van der Waals surface area contributed by atoms with Crippen LogP contribution in [0.15, 0.2) is 0 Å². The third kappa shape index (κ3) is 4.24. The minimum atomic E-state index is -0.372. The number of amides is 1. The van der Waals surface area contributed by atoms with Gasteiger partial charge in [0.15, 0.2) is 0 Å². The molecule has 1 amide bonds. The zero-order chi connectivity index (χ0) is 11.5. The highest BCUT2D eigenvalue weighted by Crippen LogP contribution is 2.17. The molecule has 0 spiro atoms. The number of morpholine rings is 1. The van der Waals surface area contributed by atoms with Gasteiger partial charge in [-0.3, -0.25) is 9.69 Å². The Hall–Kier alpha value is -0.0700. The molecule has 0 saturated carbocycles. The predicted octanol–water partition coefficient (Wildman–Crippen LogP) is 0.110. The number of carbonyl (C=O) groups is 1. The molecule has 0 aromatic rings. The quantitative estimate of drug-likeness (QED) is 0.786. The minimum absolute atomic E-state index is 0. The smallest absolute Gasteiger partial charge is 0.239 e. The Labute approximate surface area is 121 Å². The largest absolute Gasteiger partial charge is 0.379 e. The van der Waals surface area contributed by atoms with E-state index in [2.05, 4.69) is 4.90 Å². The van der Waals surface area contributed by atoms with Gasteiger partial charge in [-0.1, -0.05) is 0 Å². The van der Waals surface area contributed by atoms with Crippen molar-refractivity contribution >= 4 is 30.7 Å². The Morgan fingerprint density at radius 2 is 1.89 bits per heavy atom. The topological polar surface area (TPSA) is 58.8 Å². The normalized spacial score (nSPS) is 26.1. The van der Waals surface area contributed by atoms with Gasteiger partial charge in [0, 0.05) is 32.2 Å². The SMILES string of the molecule is CC(N)C(=O)N1CCC(N2CCOCC2)C1.Cl.Cl. The number of carbonyl (C=O) groups excluding carboxylic acids is 1. The van der Waals surface area contributed by atoms with Crippen LogP contribution in [-0.4, -0.2) is 67.2 Å². The standard InChI is InChI=1S/C11H21N3O2.2ClH/c1-9(12)11(15)14-3-2-10(8-14)13-4-6-16-7-5-13;;/h9-10H,2-8,12H2,1H3;2*1H. The van der Waals surface area contributed by atoms with E-state index in [1.807, 2.05) is 4.90 Å². The third-order valence-corrected chi connectivity index (χ3v) is 3.43. The molecule has 7 heteroatoms.